The third-order valence-corrected chi connectivity index (χ3v) is 3.59. The molecule has 2 rings (SSSR count). The summed E-state index contributed by atoms with van der Waals surface area (Å²) in [4.78, 5) is 11.8. The quantitative estimate of drug-likeness (QED) is 0.672. The minimum absolute atomic E-state index is 0.00540. The third kappa shape index (κ3) is 7.16. The molecule has 0 radical (unpaired) electrons. The summed E-state index contributed by atoms with van der Waals surface area (Å²) in [7, 11) is 1.62. The van der Waals surface area contributed by atoms with Crippen LogP contribution < -0.4 is 19.5 Å². The zero-order valence-corrected chi connectivity index (χ0v) is 14.8. The van der Waals surface area contributed by atoms with Gasteiger partial charge in [0.1, 0.15) is 23.9 Å². The van der Waals surface area contributed by atoms with E-state index in [1.165, 1.54) is 5.56 Å². The fourth-order valence-electron chi connectivity index (χ4n) is 2.18. The molecule has 2 aromatic carbocycles. The fourth-order valence-corrected chi connectivity index (χ4v) is 2.18. The first kappa shape index (κ1) is 18.6. The average molecular weight is 343 g/mol. The number of carbonyl (C=O) groups excluding carboxylic acids is 1. The molecule has 2 aromatic rings. The molecule has 0 aliphatic heterocycles. The van der Waals surface area contributed by atoms with E-state index in [-0.39, 0.29) is 5.91 Å². The van der Waals surface area contributed by atoms with Gasteiger partial charge in [-0.15, -0.1) is 0 Å². The molecular weight excluding hydrogens is 318 g/mol. The van der Waals surface area contributed by atoms with Crippen LogP contribution in [0, 0.1) is 6.92 Å². The second-order valence-corrected chi connectivity index (χ2v) is 5.64. The molecule has 0 unspecified atom stereocenters. The first-order chi connectivity index (χ1) is 12.2. The lowest BCUT2D eigenvalue weighted by Crippen LogP contribution is -2.28. The van der Waals surface area contributed by atoms with Gasteiger partial charge >= 0.3 is 0 Å². The van der Waals surface area contributed by atoms with Crippen molar-refractivity contribution in [3.05, 3.63) is 54.1 Å². The molecule has 5 nitrogen and oxygen atoms in total. The van der Waals surface area contributed by atoms with Crippen molar-refractivity contribution in [2.45, 2.75) is 19.8 Å². The summed E-state index contributed by atoms with van der Waals surface area (Å²) in [5.74, 6) is 2.37. The SMILES string of the molecule is COc1ccc(OCCNC(=O)CCCOc2ccc(C)cc2)cc1. The molecule has 0 heterocycles. The van der Waals surface area contributed by atoms with Crippen LogP contribution in [0.4, 0.5) is 0 Å². The number of benzene rings is 2. The second-order valence-electron chi connectivity index (χ2n) is 5.64. The molecule has 0 aliphatic rings. The highest BCUT2D eigenvalue weighted by atomic mass is 16.5. The number of aryl methyl sites for hydroxylation is 1. The molecule has 134 valence electrons. The van der Waals surface area contributed by atoms with Gasteiger partial charge < -0.3 is 19.5 Å². The van der Waals surface area contributed by atoms with Crippen molar-refractivity contribution < 1.29 is 19.0 Å². The van der Waals surface area contributed by atoms with Crippen molar-refractivity contribution >= 4 is 5.91 Å². The number of carbonyl (C=O) groups is 1. The Labute approximate surface area is 148 Å². The van der Waals surface area contributed by atoms with Crippen molar-refractivity contribution in [1.82, 2.24) is 5.32 Å². The van der Waals surface area contributed by atoms with Gasteiger partial charge in [-0.2, -0.15) is 0 Å². The van der Waals surface area contributed by atoms with Gasteiger partial charge in [0.05, 0.1) is 20.3 Å². The van der Waals surface area contributed by atoms with Gasteiger partial charge in [0, 0.05) is 6.42 Å². The normalized spacial score (nSPS) is 10.2. The predicted molar refractivity (Wildman–Crippen MR) is 97.4 cm³/mol. The maximum atomic E-state index is 11.8. The highest BCUT2D eigenvalue weighted by Gasteiger charge is 2.02. The van der Waals surface area contributed by atoms with Gasteiger partial charge in [-0.05, 0) is 49.7 Å². The highest BCUT2D eigenvalue weighted by molar-refractivity contribution is 5.75. The van der Waals surface area contributed by atoms with Gasteiger partial charge in [-0.3, -0.25) is 4.79 Å². The van der Waals surface area contributed by atoms with Crippen LogP contribution in [0.1, 0.15) is 18.4 Å². The molecule has 5 heteroatoms. The smallest absolute Gasteiger partial charge is 0.220 e. The minimum Gasteiger partial charge on any atom is -0.497 e. The first-order valence-corrected chi connectivity index (χ1v) is 8.40. The molecule has 0 saturated heterocycles. The summed E-state index contributed by atoms with van der Waals surface area (Å²) in [5, 5.41) is 2.84. The number of hydrogen-bond acceptors (Lipinski definition) is 4. The van der Waals surface area contributed by atoms with Gasteiger partial charge in [-0.25, -0.2) is 0 Å². The van der Waals surface area contributed by atoms with E-state index >= 15 is 0 Å². The number of methoxy groups -OCH3 is 1. The summed E-state index contributed by atoms with van der Waals surface area (Å²) in [6, 6.07) is 15.2. The molecule has 1 amide bonds. The maximum Gasteiger partial charge on any atom is 0.220 e. The van der Waals surface area contributed by atoms with Gasteiger partial charge in [0.15, 0.2) is 0 Å². The molecule has 0 spiro atoms. The highest BCUT2D eigenvalue weighted by Crippen LogP contribution is 2.16. The Hall–Kier alpha value is -2.69. The topological polar surface area (TPSA) is 56.8 Å². The molecule has 25 heavy (non-hydrogen) atoms. The summed E-state index contributed by atoms with van der Waals surface area (Å²) in [5.41, 5.74) is 1.20. The van der Waals surface area contributed by atoms with Crippen LogP contribution in [0.15, 0.2) is 48.5 Å². The Balaban J connectivity index is 1.52. The zero-order chi connectivity index (χ0) is 17.9. The monoisotopic (exact) mass is 343 g/mol. The summed E-state index contributed by atoms with van der Waals surface area (Å²) in [6.45, 7) is 3.47. The number of hydrogen-bond donors (Lipinski definition) is 1. The summed E-state index contributed by atoms with van der Waals surface area (Å²) < 4.78 is 16.2. The molecule has 0 aromatic heterocycles. The Morgan fingerprint density at radius 2 is 1.44 bits per heavy atom. The molecule has 0 aliphatic carbocycles. The zero-order valence-electron chi connectivity index (χ0n) is 14.8. The Kier molecular flexibility index (Phi) is 7.63. The van der Waals surface area contributed by atoms with E-state index in [1.54, 1.807) is 7.11 Å². The summed E-state index contributed by atoms with van der Waals surface area (Å²) >= 11 is 0. The van der Waals surface area contributed by atoms with Crippen molar-refractivity contribution in [3.8, 4) is 17.2 Å². The Bertz CT molecular complexity index is 638. The minimum atomic E-state index is 0.00540. The van der Waals surface area contributed by atoms with Crippen LogP contribution in [-0.2, 0) is 4.79 Å². The van der Waals surface area contributed by atoms with Gasteiger partial charge in [0.2, 0.25) is 5.91 Å². The standard InChI is InChI=1S/C20H25NO4/c1-16-5-7-18(8-6-16)24-14-3-4-20(22)21-13-15-25-19-11-9-17(23-2)10-12-19/h5-12H,3-4,13-15H2,1-2H3,(H,21,22). The van der Waals surface area contributed by atoms with E-state index < -0.39 is 0 Å². The predicted octanol–water partition coefficient (Wildman–Crippen LogP) is 3.36. The van der Waals surface area contributed by atoms with Crippen LogP contribution in [0.2, 0.25) is 0 Å². The lowest BCUT2D eigenvalue weighted by atomic mass is 10.2. The molecule has 0 fully saturated rings. The average Bonchev–Trinajstić information content (AvgIpc) is 2.64. The van der Waals surface area contributed by atoms with Crippen molar-refractivity contribution in [1.29, 1.82) is 0 Å². The maximum absolute atomic E-state index is 11.8. The lowest BCUT2D eigenvalue weighted by Gasteiger charge is -2.09. The van der Waals surface area contributed by atoms with E-state index in [1.807, 2.05) is 55.5 Å². The van der Waals surface area contributed by atoms with E-state index in [9.17, 15) is 4.79 Å². The Morgan fingerprint density at radius 3 is 2.08 bits per heavy atom. The molecule has 1 N–H and O–H groups in total. The molecule has 0 saturated carbocycles. The van der Waals surface area contributed by atoms with E-state index in [4.69, 9.17) is 14.2 Å². The van der Waals surface area contributed by atoms with E-state index in [0.717, 1.165) is 17.2 Å². The van der Waals surface area contributed by atoms with Crippen molar-refractivity contribution in [2.24, 2.45) is 0 Å². The second kappa shape index (κ2) is 10.2. The lowest BCUT2D eigenvalue weighted by molar-refractivity contribution is -0.121. The van der Waals surface area contributed by atoms with Crippen LogP contribution in [-0.4, -0.2) is 32.8 Å². The Morgan fingerprint density at radius 1 is 0.880 bits per heavy atom. The van der Waals surface area contributed by atoms with Crippen molar-refractivity contribution in [2.75, 3.05) is 26.9 Å². The van der Waals surface area contributed by atoms with Crippen LogP contribution >= 0.6 is 0 Å². The van der Waals surface area contributed by atoms with E-state index in [0.29, 0.717) is 32.6 Å². The molecular formula is C20H25NO4. The first-order valence-electron chi connectivity index (χ1n) is 8.40. The molecule has 0 atom stereocenters. The third-order valence-electron chi connectivity index (χ3n) is 3.59. The van der Waals surface area contributed by atoms with Crippen molar-refractivity contribution in [3.63, 3.8) is 0 Å². The fraction of sp³-hybridized carbons (Fsp3) is 0.350. The number of rotatable bonds is 10. The van der Waals surface area contributed by atoms with Crippen LogP contribution in [0.25, 0.3) is 0 Å². The van der Waals surface area contributed by atoms with Crippen LogP contribution in [0.5, 0.6) is 17.2 Å². The van der Waals surface area contributed by atoms with Gasteiger partial charge in [0.25, 0.3) is 0 Å². The molecule has 0 bridgehead atoms. The van der Waals surface area contributed by atoms with Gasteiger partial charge in [-0.1, -0.05) is 17.7 Å². The largest absolute Gasteiger partial charge is 0.497 e. The summed E-state index contributed by atoms with van der Waals surface area (Å²) in [6.07, 6.45) is 1.12. The number of nitrogens with one attached hydrogen (secondary N) is 1. The van der Waals surface area contributed by atoms with E-state index in [2.05, 4.69) is 5.32 Å². The number of ether oxygens (including phenoxy) is 3. The number of amides is 1. The van der Waals surface area contributed by atoms with Crippen LogP contribution in [0.3, 0.4) is 0 Å².